The second kappa shape index (κ2) is 6.91. The van der Waals surface area contributed by atoms with Crippen LogP contribution in [0.25, 0.3) is 0 Å². The Morgan fingerprint density at radius 1 is 1.29 bits per heavy atom. The molecule has 2 rings (SSSR count). The van der Waals surface area contributed by atoms with Gasteiger partial charge in [-0.1, -0.05) is 0 Å². The van der Waals surface area contributed by atoms with Gasteiger partial charge in [0.05, 0.1) is 6.54 Å². The average Bonchev–Trinajstić information content (AvgIpc) is 2.50. The minimum Gasteiger partial charge on any atom is -0.398 e. The largest absolute Gasteiger partial charge is 0.398 e. The molecular formula is C14H19BrN4O2. The standard InChI is InChI=1S/C14H19BrN4O2/c1-17-13(20)9-18-4-6-19(7-5-18)14(21)10-2-3-11(15)12(16)8-10/h2-3,8H,4-7,9,16H2,1H3,(H,17,20). The second-order valence-corrected chi connectivity index (χ2v) is 5.83. The van der Waals surface area contributed by atoms with Crippen LogP contribution in [0.4, 0.5) is 5.69 Å². The second-order valence-electron chi connectivity index (χ2n) is 4.98. The number of nitrogen functional groups attached to an aromatic ring is 1. The van der Waals surface area contributed by atoms with Crippen LogP contribution in [0.5, 0.6) is 0 Å². The van der Waals surface area contributed by atoms with Crippen LogP contribution in [0, 0.1) is 0 Å². The molecular weight excluding hydrogens is 336 g/mol. The van der Waals surface area contributed by atoms with Crippen LogP contribution in [-0.2, 0) is 4.79 Å². The Morgan fingerprint density at radius 2 is 1.95 bits per heavy atom. The molecule has 1 fully saturated rings. The number of hydrogen-bond donors (Lipinski definition) is 2. The quantitative estimate of drug-likeness (QED) is 0.776. The van der Waals surface area contributed by atoms with E-state index < -0.39 is 0 Å². The molecule has 1 aliphatic heterocycles. The number of nitrogens with zero attached hydrogens (tertiary/aromatic N) is 2. The number of rotatable bonds is 3. The van der Waals surface area contributed by atoms with Gasteiger partial charge in [0.25, 0.3) is 5.91 Å². The predicted octanol–water partition coefficient (Wildman–Crippen LogP) is 0.535. The van der Waals surface area contributed by atoms with Crippen molar-refractivity contribution >= 4 is 33.4 Å². The monoisotopic (exact) mass is 354 g/mol. The van der Waals surface area contributed by atoms with Crippen molar-refractivity contribution in [3.8, 4) is 0 Å². The van der Waals surface area contributed by atoms with E-state index in [4.69, 9.17) is 5.73 Å². The van der Waals surface area contributed by atoms with Crippen molar-refractivity contribution in [3.05, 3.63) is 28.2 Å². The van der Waals surface area contributed by atoms with Gasteiger partial charge in [0.1, 0.15) is 0 Å². The lowest BCUT2D eigenvalue weighted by molar-refractivity contribution is -0.122. The zero-order valence-corrected chi connectivity index (χ0v) is 13.5. The molecule has 1 saturated heterocycles. The molecule has 0 unspecified atom stereocenters. The molecule has 7 heteroatoms. The Kier molecular flexibility index (Phi) is 5.19. The highest BCUT2D eigenvalue weighted by Crippen LogP contribution is 2.21. The lowest BCUT2D eigenvalue weighted by Gasteiger charge is -2.34. The van der Waals surface area contributed by atoms with Gasteiger partial charge in [0, 0.05) is 49.0 Å². The van der Waals surface area contributed by atoms with Crippen molar-refractivity contribution in [1.82, 2.24) is 15.1 Å². The van der Waals surface area contributed by atoms with Gasteiger partial charge in [0.15, 0.2) is 0 Å². The average molecular weight is 355 g/mol. The van der Waals surface area contributed by atoms with Gasteiger partial charge in [-0.2, -0.15) is 0 Å². The summed E-state index contributed by atoms with van der Waals surface area (Å²) in [7, 11) is 1.63. The van der Waals surface area contributed by atoms with E-state index in [1.165, 1.54) is 0 Å². The van der Waals surface area contributed by atoms with Crippen LogP contribution in [-0.4, -0.2) is 61.4 Å². The van der Waals surface area contributed by atoms with E-state index >= 15 is 0 Å². The highest BCUT2D eigenvalue weighted by atomic mass is 79.9. The van der Waals surface area contributed by atoms with Gasteiger partial charge in [0.2, 0.25) is 5.91 Å². The normalized spacial score (nSPS) is 15.8. The summed E-state index contributed by atoms with van der Waals surface area (Å²) in [5.41, 5.74) is 6.96. The summed E-state index contributed by atoms with van der Waals surface area (Å²) in [4.78, 5) is 27.6. The van der Waals surface area contributed by atoms with Crippen LogP contribution in [0.3, 0.4) is 0 Å². The first-order valence-corrected chi connectivity index (χ1v) is 7.58. The zero-order valence-electron chi connectivity index (χ0n) is 11.9. The zero-order chi connectivity index (χ0) is 15.4. The molecule has 0 aliphatic carbocycles. The van der Waals surface area contributed by atoms with Crippen LogP contribution in [0.2, 0.25) is 0 Å². The van der Waals surface area contributed by atoms with Crippen LogP contribution < -0.4 is 11.1 Å². The molecule has 0 aromatic heterocycles. The number of nitrogens with two attached hydrogens (primary N) is 1. The van der Waals surface area contributed by atoms with Crippen molar-refractivity contribution in [3.63, 3.8) is 0 Å². The third-order valence-corrected chi connectivity index (χ3v) is 4.27. The molecule has 0 radical (unpaired) electrons. The highest BCUT2D eigenvalue weighted by molar-refractivity contribution is 9.10. The number of hydrogen-bond acceptors (Lipinski definition) is 4. The lowest BCUT2D eigenvalue weighted by atomic mass is 10.1. The smallest absolute Gasteiger partial charge is 0.254 e. The molecule has 2 amide bonds. The summed E-state index contributed by atoms with van der Waals surface area (Å²) < 4.78 is 0.787. The molecule has 0 spiro atoms. The molecule has 1 aromatic carbocycles. The molecule has 0 atom stereocenters. The molecule has 1 aromatic rings. The van der Waals surface area contributed by atoms with Crippen molar-refractivity contribution in [1.29, 1.82) is 0 Å². The summed E-state index contributed by atoms with van der Waals surface area (Å²) in [6.07, 6.45) is 0. The fourth-order valence-electron chi connectivity index (χ4n) is 2.25. The van der Waals surface area contributed by atoms with E-state index in [0.717, 1.165) is 4.47 Å². The lowest BCUT2D eigenvalue weighted by Crippen LogP contribution is -2.50. The van der Waals surface area contributed by atoms with E-state index in [2.05, 4.69) is 21.2 Å². The van der Waals surface area contributed by atoms with E-state index in [1.54, 1.807) is 30.1 Å². The number of likely N-dealkylation sites (N-methyl/N-ethyl adjacent to an activating group) is 1. The topological polar surface area (TPSA) is 78.7 Å². The number of piperazine rings is 1. The predicted molar refractivity (Wildman–Crippen MR) is 85.0 cm³/mol. The third kappa shape index (κ3) is 3.95. The van der Waals surface area contributed by atoms with Crippen LogP contribution in [0.1, 0.15) is 10.4 Å². The minimum atomic E-state index is -0.0196. The third-order valence-electron chi connectivity index (χ3n) is 3.55. The molecule has 21 heavy (non-hydrogen) atoms. The maximum absolute atomic E-state index is 12.4. The number of halogens is 1. The van der Waals surface area contributed by atoms with Gasteiger partial charge in [-0.15, -0.1) is 0 Å². The summed E-state index contributed by atoms with van der Waals surface area (Å²) in [5.74, 6) is -0.0238. The van der Waals surface area contributed by atoms with Gasteiger partial charge in [-0.3, -0.25) is 14.5 Å². The molecule has 1 heterocycles. The molecule has 0 bridgehead atoms. The Balaban J connectivity index is 1.93. The first-order valence-electron chi connectivity index (χ1n) is 6.78. The van der Waals surface area contributed by atoms with E-state index in [9.17, 15) is 9.59 Å². The van der Waals surface area contributed by atoms with Crippen LogP contribution in [0.15, 0.2) is 22.7 Å². The summed E-state index contributed by atoms with van der Waals surface area (Å²) in [6.45, 7) is 3.01. The molecule has 0 saturated carbocycles. The molecule has 1 aliphatic rings. The van der Waals surface area contributed by atoms with Crippen molar-refractivity contribution < 1.29 is 9.59 Å². The van der Waals surface area contributed by atoms with Crippen molar-refractivity contribution in [2.45, 2.75) is 0 Å². The van der Waals surface area contributed by atoms with Crippen molar-refractivity contribution in [2.75, 3.05) is 45.5 Å². The summed E-state index contributed by atoms with van der Waals surface area (Å²) >= 11 is 3.32. The van der Waals surface area contributed by atoms with E-state index in [-0.39, 0.29) is 11.8 Å². The number of nitrogens with one attached hydrogen (secondary N) is 1. The molecule has 114 valence electrons. The van der Waals surface area contributed by atoms with E-state index in [1.807, 2.05) is 4.90 Å². The summed E-state index contributed by atoms with van der Waals surface area (Å²) in [6, 6.07) is 5.23. The number of amides is 2. The number of anilines is 1. The highest BCUT2D eigenvalue weighted by Gasteiger charge is 2.23. The van der Waals surface area contributed by atoms with E-state index in [0.29, 0.717) is 44.0 Å². The number of carbonyl (C=O) groups excluding carboxylic acids is 2. The van der Waals surface area contributed by atoms with Gasteiger partial charge in [-0.05, 0) is 34.1 Å². The first-order chi connectivity index (χ1) is 10.0. The Morgan fingerprint density at radius 3 is 2.52 bits per heavy atom. The Labute approximate surface area is 132 Å². The number of benzene rings is 1. The fraction of sp³-hybridized carbons (Fsp3) is 0.429. The van der Waals surface area contributed by atoms with Gasteiger partial charge in [-0.25, -0.2) is 0 Å². The SMILES string of the molecule is CNC(=O)CN1CCN(C(=O)c2ccc(Br)c(N)c2)CC1. The molecule has 3 N–H and O–H groups in total. The van der Waals surface area contributed by atoms with Crippen LogP contribution >= 0.6 is 15.9 Å². The van der Waals surface area contributed by atoms with Gasteiger partial charge >= 0.3 is 0 Å². The Bertz CT molecular complexity index is 542. The maximum Gasteiger partial charge on any atom is 0.254 e. The first kappa shape index (κ1) is 15.8. The summed E-state index contributed by atoms with van der Waals surface area (Å²) in [5, 5.41) is 2.60. The fourth-order valence-corrected chi connectivity index (χ4v) is 2.50. The Hall–Kier alpha value is -1.60. The van der Waals surface area contributed by atoms with Crippen molar-refractivity contribution in [2.24, 2.45) is 0 Å². The molecule has 6 nitrogen and oxygen atoms in total. The maximum atomic E-state index is 12.4. The minimum absolute atomic E-state index is 0.00420. The number of carbonyl (C=O) groups is 2. The van der Waals surface area contributed by atoms with Gasteiger partial charge < -0.3 is 16.0 Å².